The molecule has 0 saturated carbocycles. The molecule has 1 aromatic carbocycles. The van der Waals surface area contributed by atoms with E-state index in [-0.39, 0.29) is 0 Å². The first-order chi connectivity index (χ1) is 5.65. The molecule has 0 saturated heterocycles. The van der Waals surface area contributed by atoms with Gasteiger partial charge in [0.05, 0.1) is 0 Å². The van der Waals surface area contributed by atoms with Crippen LogP contribution in [0.2, 0.25) is 0 Å². The topological polar surface area (TPSA) is 0 Å². The van der Waals surface area contributed by atoms with Crippen LogP contribution in [0.1, 0.15) is 37.8 Å². The number of hydrogen-bond acceptors (Lipinski definition) is 0. The highest BCUT2D eigenvalue weighted by atomic mass is 79.9. The van der Waals surface area contributed by atoms with E-state index in [2.05, 4.69) is 54.9 Å². The van der Waals surface area contributed by atoms with E-state index in [1.807, 2.05) is 0 Å². The molecule has 0 aromatic heterocycles. The van der Waals surface area contributed by atoms with Gasteiger partial charge in [0.1, 0.15) is 0 Å². The zero-order chi connectivity index (χ0) is 9.14. The fraction of sp³-hybridized carbons (Fsp3) is 0.455. The van der Waals surface area contributed by atoms with Gasteiger partial charge in [-0.15, -0.1) is 0 Å². The van der Waals surface area contributed by atoms with Crippen LogP contribution in [0.25, 0.3) is 0 Å². The van der Waals surface area contributed by atoms with Gasteiger partial charge >= 0.3 is 0 Å². The predicted octanol–water partition coefficient (Wildman–Crippen LogP) is 4.13. The molecular weight excluding hydrogens is 212 g/mol. The van der Waals surface area contributed by atoms with Crippen LogP contribution in [0.3, 0.4) is 0 Å². The minimum atomic E-state index is 0.628. The molecule has 1 heteroatoms. The molecule has 0 atom stereocenters. The van der Waals surface area contributed by atoms with E-state index in [0.29, 0.717) is 5.92 Å². The lowest BCUT2D eigenvalue weighted by atomic mass is 10.0. The van der Waals surface area contributed by atoms with Gasteiger partial charge < -0.3 is 0 Å². The Morgan fingerprint density at radius 2 is 2.00 bits per heavy atom. The zero-order valence-electron chi connectivity index (χ0n) is 7.89. The molecule has 0 unspecified atom stereocenters. The summed E-state index contributed by atoms with van der Waals surface area (Å²) in [5.41, 5.74) is 2.83. The van der Waals surface area contributed by atoms with Crippen LogP contribution < -0.4 is 0 Å². The van der Waals surface area contributed by atoms with Crippen molar-refractivity contribution in [2.45, 2.75) is 33.1 Å². The van der Waals surface area contributed by atoms with Gasteiger partial charge in [0, 0.05) is 4.47 Å². The number of halogens is 1. The summed E-state index contributed by atoms with van der Waals surface area (Å²) in [6.07, 6.45) is 1.10. The Labute approximate surface area is 83.1 Å². The molecule has 0 nitrogen and oxygen atoms in total. The smallest absolute Gasteiger partial charge is 0.0207 e. The SMILES string of the molecule is CCc1cc(C(C)C)ccc1Br. The van der Waals surface area contributed by atoms with Crippen molar-refractivity contribution in [2.24, 2.45) is 0 Å². The lowest BCUT2D eigenvalue weighted by molar-refractivity contribution is 0.861. The van der Waals surface area contributed by atoms with Gasteiger partial charge in [0.25, 0.3) is 0 Å². The Balaban J connectivity index is 3.05. The molecule has 0 heterocycles. The molecule has 0 N–H and O–H groups in total. The molecular formula is C11H15Br. The largest absolute Gasteiger partial charge is 0.0613 e. The lowest BCUT2D eigenvalue weighted by Gasteiger charge is -2.08. The highest BCUT2D eigenvalue weighted by molar-refractivity contribution is 9.10. The van der Waals surface area contributed by atoms with E-state index in [1.54, 1.807) is 0 Å². The maximum Gasteiger partial charge on any atom is 0.0207 e. The van der Waals surface area contributed by atoms with E-state index in [9.17, 15) is 0 Å². The molecule has 0 fully saturated rings. The number of benzene rings is 1. The van der Waals surface area contributed by atoms with Gasteiger partial charge in [-0.1, -0.05) is 48.8 Å². The summed E-state index contributed by atoms with van der Waals surface area (Å²) in [5, 5.41) is 0. The van der Waals surface area contributed by atoms with Gasteiger partial charge in [-0.05, 0) is 29.5 Å². The highest BCUT2D eigenvalue weighted by Crippen LogP contribution is 2.22. The summed E-state index contributed by atoms with van der Waals surface area (Å²) >= 11 is 3.54. The number of rotatable bonds is 2. The molecule has 1 aromatic rings. The van der Waals surface area contributed by atoms with Gasteiger partial charge in [-0.2, -0.15) is 0 Å². The number of hydrogen-bond donors (Lipinski definition) is 0. The van der Waals surface area contributed by atoms with Crippen molar-refractivity contribution in [3.05, 3.63) is 33.8 Å². The molecule has 0 aliphatic rings. The Morgan fingerprint density at radius 1 is 1.33 bits per heavy atom. The third-order valence-electron chi connectivity index (χ3n) is 2.12. The van der Waals surface area contributed by atoms with Crippen molar-refractivity contribution in [3.63, 3.8) is 0 Å². The molecule has 0 aliphatic heterocycles. The third-order valence-corrected chi connectivity index (χ3v) is 2.89. The van der Waals surface area contributed by atoms with E-state index >= 15 is 0 Å². The van der Waals surface area contributed by atoms with Crippen molar-refractivity contribution < 1.29 is 0 Å². The van der Waals surface area contributed by atoms with E-state index in [1.165, 1.54) is 15.6 Å². The second-order valence-electron chi connectivity index (χ2n) is 3.36. The van der Waals surface area contributed by atoms with Crippen molar-refractivity contribution in [2.75, 3.05) is 0 Å². The van der Waals surface area contributed by atoms with E-state index in [4.69, 9.17) is 0 Å². The van der Waals surface area contributed by atoms with Crippen LogP contribution in [0, 0.1) is 0 Å². The lowest BCUT2D eigenvalue weighted by Crippen LogP contribution is -1.90. The van der Waals surface area contributed by atoms with Crippen LogP contribution in [0.5, 0.6) is 0 Å². The van der Waals surface area contributed by atoms with Gasteiger partial charge in [0.2, 0.25) is 0 Å². The van der Waals surface area contributed by atoms with E-state index in [0.717, 1.165) is 6.42 Å². The van der Waals surface area contributed by atoms with Crippen molar-refractivity contribution >= 4 is 15.9 Å². The minimum absolute atomic E-state index is 0.628. The number of aryl methyl sites for hydroxylation is 1. The summed E-state index contributed by atoms with van der Waals surface area (Å²) in [5.74, 6) is 0.628. The predicted molar refractivity (Wildman–Crippen MR) is 57.6 cm³/mol. The average Bonchev–Trinajstić information content (AvgIpc) is 2.05. The molecule has 66 valence electrons. The van der Waals surface area contributed by atoms with Crippen molar-refractivity contribution in [1.82, 2.24) is 0 Å². The molecule has 0 amide bonds. The molecule has 12 heavy (non-hydrogen) atoms. The fourth-order valence-electron chi connectivity index (χ4n) is 1.22. The maximum atomic E-state index is 3.54. The van der Waals surface area contributed by atoms with Gasteiger partial charge in [0.15, 0.2) is 0 Å². The Kier molecular flexibility index (Phi) is 3.33. The molecule has 0 spiro atoms. The van der Waals surface area contributed by atoms with Gasteiger partial charge in [-0.25, -0.2) is 0 Å². The molecule has 0 radical (unpaired) electrons. The normalized spacial score (nSPS) is 10.8. The van der Waals surface area contributed by atoms with Crippen LogP contribution >= 0.6 is 15.9 Å². The molecule has 0 aliphatic carbocycles. The second-order valence-corrected chi connectivity index (χ2v) is 4.21. The quantitative estimate of drug-likeness (QED) is 0.712. The van der Waals surface area contributed by atoms with Gasteiger partial charge in [-0.3, -0.25) is 0 Å². The summed E-state index contributed by atoms with van der Waals surface area (Å²) in [4.78, 5) is 0. The summed E-state index contributed by atoms with van der Waals surface area (Å²) in [6, 6.07) is 6.62. The van der Waals surface area contributed by atoms with Crippen molar-refractivity contribution in [3.8, 4) is 0 Å². The Morgan fingerprint density at radius 3 is 2.50 bits per heavy atom. The van der Waals surface area contributed by atoms with Crippen LogP contribution in [-0.4, -0.2) is 0 Å². The third kappa shape index (κ3) is 2.10. The Bertz CT molecular complexity index is 264. The first-order valence-corrected chi connectivity index (χ1v) is 5.22. The average molecular weight is 227 g/mol. The minimum Gasteiger partial charge on any atom is -0.0613 e. The summed E-state index contributed by atoms with van der Waals surface area (Å²) < 4.78 is 1.23. The monoisotopic (exact) mass is 226 g/mol. The highest BCUT2D eigenvalue weighted by Gasteiger charge is 2.02. The fourth-order valence-corrected chi connectivity index (χ4v) is 1.75. The van der Waals surface area contributed by atoms with Crippen molar-refractivity contribution in [1.29, 1.82) is 0 Å². The standard InChI is InChI=1S/C11H15Br/c1-4-9-7-10(8(2)3)5-6-11(9)12/h5-8H,4H2,1-3H3. The Hall–Kier alpha value is -0.300. The maximum absolute atomic E-state index is 3.54. The van der Waals surface area contributed by atoms with Crippen LogP contribution in [-0.2, 0) is 6.42 Å². The summed E-state index contributed by atoms with van der Waals surface area (Å²) in [7, 11) is 0. The van der Waals surface area contributed by atoms with Crippen LogP contribution in [0.15, 0.2) is 22.7 Å². The molecule has 1 rings (SSSR count). The zero-order valence-corrected chi connectivity index (χ0v) is 9.48. The van der Waals surface area contributed by atoms with Crippen LogP contribution in [0.4, 0.5) is 0 Å². The van der Waals surface area contributed by atoms with E-state index < -0.39 is 0 Å². The summed E-state index contributed by atoms with van der Waals surface area (Å²) in [6.45, 7) is 6.63. The second kappa shape index (κ2) is 4.08. The first kappa shape index (κ1) is 9.79. The molecule has 0 bridgehead atoms. The first-order valence-electron chi connectivity index (χ1n) is 4.43.